The van der Waals surface area contributed by atoms with Gasteiger partial charge in [0.2, 0.25) is 0 Å². The molecule has 64 valence electrons. The summed E-state index contributed by atoms with van der Waals surface area (Å²) in [6.07, 6.45) is 0. The molecule has 1 aromatic rings. The Morgan fingerprint density at radius 3 is 2.33 bits per heavy atom. The first-order valence-electron chi connectivity index (χ1n) is 3.94. The van der Waals surface area contributed by atoms with E-state index in [4.69, 9.17) is 12.2 Å². The molecular formula is C10H13NS. The third-order valence-corrected chi connectivity index (χ3v) is 2.03. The molecule has 1 N–H and O–H groups in total. The van der Waals surface area contributed by atoms with Gasteiger partial charge in [0, 0.05) is 0 Å². The van der Waals surface area contributed by atoms with Crippen LogP contribution in [0, 0.1) is 0 Å². The summed E-state index contributed by atoms with van der Waals surface area (Å²) < 4.78 is 0. The van der Waals surface area contributed by atoms with Gasteiger partial charge in [-0.1, -0.05) is 42.5 Å². The monoisotopic (exact) mass is 179 g/mol. The molecular weight excluding hydrogens is 166 g/mol. The Labute approximate surface area is 78.8 Å². The van der Waals surface area contributed by atoms with E-state index in [0.717, 1.165) is 0 Å². The van der Waals surface area contributed by atoms with Crippen LogP contribution in [0.1, 0.15) is 19.4 Å². The van der Waals surface area contributed by atoms with E-state index < -0.39 is 0 Å². The maximum absolute atomic E-state index is 4.76. The minimum absolute atomic E-state index is 0.0665. The van der Waals surface area contributed by atoms with Crippen LogP contribution >= 0.6 is 12.2 Å². The Kier molecular flexibility index (Phi) is 2.82. The van der Waals surface area contributed by atoms with Crippen LogP contribution in [-0.2, 0) is 5.54 Å². The minimum atomic E-state index is -0.0665. The normalized spacial score (nSPS) is 10.8. The summed E-state index contributed by atoms with van der Waals surface area (Å²) in [5.74, 6) is 0. The molecule has 12 heavy (non-hydrogen) atoms. The molecule has 0 aliphatic rings. The maximum atomic E-state index is 4.76. The zero-order chi connectivity index (χ0) is 9.03. The molecule has 1 aromatic carbocycles. The first-order chi connectivity index (χ1) is 5.67. The second-order valence-electron chi connectivity index (χ2n) is 3.25. The number of benzene rings is 1. The van der Waals surface area contributed by atoms with Crippen molar-refractivity contribution in [1.82, 2.24) is 5.32 Å². The molecule has 0 saturated carbocycles. The fourth-order valence-electron chi connectivity index (χ4n) is 1.09. The maximum Gasteiger partial charge on any atom is 0.0621 e. The van der Waals surface area contributed by atoms with E-state index in [2.05, 4.69) is 31.3 Å². The molecule has 0 amide bonds. The predicted molar refractivity (Wildman–Crippen MR) is 56.3 cm³/mol. The summed E-state index contributed by atoms with van der Waals surface area (Å²) in [7, 11) is 0. The Balaban J connectivity index is 2.89. The molecule has 0 spiro atoms. The van der Waals surface area contributed by atoms with E-state index in [1.807, 2.05) is 18.2 Å². The average molecular weight is 179 g/mol. The smallest absolute Gasteiger partial charge is 0.0621 e. The lowest BCUT2D eigenvalue weighted by atomic mass is 9.95. The van der Waals surface area contributed by atoms with Gasteiger partial charge < -0.3 is 5.32 Å². The molecule has 0 bridgehead atoms. The van der Waals surface area contributed by atoms with Crippen LogP contribution in [0.25, 0.3) is 0 Å². The zero-order valence-electron chi connectivity index (χ0n) is 7.37. The van der Waals surface area contributed by atoms with E-state index in [1.165, 1.54) is 5.56 Å². The molecule has 2 heteroatoms. The summed E-state index contributed by atoms with van der Waals surface area (Å²) in [4.78, 5) is 0. The van der Waals surface area contributed by atoms with Crippen molar-refractivity contribution < 1.29 is 0 Å². The van der Waals surface area contributed by atoms with Crippen molar-refractivity contribution in [1.29, 1.82) is 0 Å². The van der Waals surface area contributed by atoms with Gasteiger partial charge in [-0.2, -0.15) is 0 Å². The highest BCUT2D eigenvalue weighted by Crippen LogP contribution is 2.18. The van der Waals surface area contributed by atoms with Crippen molar-refractivity contribution in [2.45, 2.75) is 19.4 Å². The first-order valence-corrected chi connectivity index (χ1v) is 4.41. The van der Waals surface area contributed by atoms with Gasteiger partial charge >= 0.3 is 0 Å². The van der Waals surface area contributed by atoms with Crippen molar-refractivity contribution in [3.05, 3.63) is 35.9 Å². The van der Waals surface area contributed by atoms with Crippen LogP contribution < -0.4 is 5.32 Å². The van der Waals surface area contributed by atoms with Crippen LogP contribution in [-0.4, -0.2) is 5.49 Å². The lowest BCUT2D eigenvalue weighted by Gasteiger charge is -2.25. The second kappa shape index (κ2) is 3.68. The SMILES string of the molecule is CC(C)(NC=S)c1ccccc1. The van der Waals surface area contributed by atoms with Crippen molar-refractivity contribution in [2.24, 2.45) is 0 Å². The van der Waals surface area contributed by atoms with Crippen molar-refractivity contribution in [3.8, 4) is 0 Å². The molecule has 0 aliphatic heterocycles. The topological polar surface area (TPSA) is 12.0 Å². The second-order valence-corrected chi connectivity index (χ2v) is 3.49. The van der Waals surface area contributed by atoms with Gasteiger partial charge in [0.15, 0.2) is 0 Å². The molecule has 0 unspecified atom stereocenters. The standard InChI is InChI=1S/C10H13NS/c1-10(2,11-8-12)9-6-4-3-5-7-9/h3-8H,1-2H3,(H,11,12). The Morgan fingerprint density at radius 2 is 1.83 bits per heavy atom. The molecule has 0 atom stereocenters. The first kappa shape index (κ1) is 9.20. The molecule has 0 saturated heterocycles. The Bertz CT molecular complexity index is 254. The summed E-state index contributed by atoms with van der Waals surface area (Å²) >= 11 is 4.76. The third-order valence-electron chi connectivity index (χ3n) is 1.92. The Hall–Kier alpha value is -0.890. The Morgan fingerprint density at radius 1 is 1.25 bits per heavy atom. The molecule has 1 rings (SSSR count). The van der Waals surface area contributed by atoms with E-state index >= 15 is 0 Å². The lowest BCUT2D eigenvalue weighted by molar-refractivity contribution is 0.495. The van der Waals surface area contributed by atoms with Crippen LogP contribution in [0.3, 0.4) is 0 Å². The molecule has 0 aliphatic carbocycles. The van der Waals surface area contributed by atoms with Crippen LogP contribution in [0.2, 0.25) is 0 Å². The van der Waals surface area contributed by atoms with Gasteiger partial charge in [0.25, 0.3) is 0 Å². The van der Waals surface area contributed by atoms with Gasteiger partial charge in [0.05, 0.1) is 11.0 Å². The van der Waals surface area contributed by atoms with E-state index in [9.17, 15) is 0 Å². The lowest BCUT2D eigenvalue weighted by Crippen LogP contribution is -2.34. The summed E-state index contributed by atoms with van der Waals surface area (Å²) in [5.41, 5.74) is 2.74. The number of hydrogen-bond donors (Lipinski definition) is 1. The minimum Gasteiger partial charge on any atom is -0.373 e. The van der Waals surface area contributed by atoms with E-state index in [-0.39, 0.29) is 5.54 Å². The van der Waals surface area contributed by atoms with Gasteiger partial charge in [-0.05, 0) is 19.4 Å². The summed E-state index contributed by atoms with van der Waals surface area (Å²) in [6, 6.07) is 10.2. The predicted octanol–water partition coefficient (Wildman–Crippen LogP) is 2.47. The third kappa shape index (κ3) is 2.05. The van der Waals surface area contributed by atoms with E-state index in [1.54, 1.807) is 5.49 Å². The van der Waals surface area contributed by atoms with Gasteiger partial charge in [0.1, 0.15) is 0 Å². The van der Waals surface area contributed by atoms with Gasteiger partial charge in [-0.3, -0.25) is 0 Å². The quantitative estimate of drug-likeness (QED) is 0.715. The molecule has 0 fully saturated rings. The summed E-state index contributed by atoms with van der Waals surface area (Å²) in [5, 5.41) is 3.13. The number of rotatable bonds is 3. The fraction of sp³-hybridized carbons (Fsp3) is 0.300. The summed E-state index contributed by atoms with van der Waals surface area (Å²) in [6.45, 7) is 4.20. The van der Waals surface area contributed by atoms with Crippen molar-refractivity contribution in [2.75, 3.05) is 0 Å². The van der Waals surface area contributed by atoms with E-state index in [0.29, 0.717) is 0 Å². The van der Waals surface area contributed by atoms with Crippen LogP contribution in [0.5, 0.6) is 0 Å². The number of nitrogens with one attached hydrogen (secondary N) is 1. The highest BCUT2D eigenvalue weighted by Gasteiger charge is 2.16. The highest BCUT2D eigenvalue weighted by molar-refractivity contribution is 7.78. The van der Waals surface area contributed by atoms with Crippen LogP contribution in [0.15, 0.2) is 30.3 Å². The van der Waals surface area contributed by atoms with Gasteiger partial charge in [-0.15, -0.1) is 0 Å². The van der Waals surface area contributed by atoms with Crippen molar-refractivity contribution in [3.63, 3.8) is 0 Å². The molecule has 0 radical (unpaired) electrons. The largest absolute Gasteiger partial charge is 0.373 e. The fourth-order valence-corrected chi connectivity index (χ4v) is 1.38. The number of hydrogen-bond acceptors (Lipinski definition) is 1. The van der Waals surface area contributed by atoms with Crippen molar-refractivity contribution >= 4 is 17.7 Å². The highest BCUT2D eigenvalue weighted by atomic mass is 32.1. The number of thiocarbonyl (C=S) groups is 1. The molecule has 0 aromatic heterocycles. The van der Waals surface area contributed by atoms with Crippen LogP contribution in [0.4, 0.5) is 0 Å². The average Bonchev–Trinajstić information content (AvgIpc) is 2.06. The zero-order valence-corrected chi connectivity index (χ0v) is 8.19. The molecule has 0 heterocycles. The van der Waals surface area contributed by atoms with Gasteiger partial charge in [-0.25, -0.2) is 0 Å². The molecule has 1 nitrogen and oxygen atoms in total.